The SMILES string of the molecule is CCC(=O)Nc1ccccc1-c1nnc(SC(C)C(=O)Nc2ccccc2CC)[nH]c1=O. The lowest BCUT2D eigenvalue weighted by Crippen LogP contribution is -2.24. The Hall–Kier alpha value is -3.46. The molecule has 0 aliphatic carbocycles. The number of anilines is 2. The predicted molar refractivity (Wildman–Crippen MR) is 127 cm³/mol. The summed E-state index contributed by atoms with van der Waals surface area (Å²) in [6.45, 7) is 5.50. The molecule has 0 aliphatic heterocycles. The normalized spacial score (nSPS) is 11.6. The maximum absolute atomic E-state index is 12.7. The predicted octanol–water partition coefficient (Wildman–Crippen LogP) is 3.86. The number of para-hydroxylation sites is 2. The van der Waals surface area contributed by atoms with Gasteiger partial charge in [0.2, 0.25) is 11.8 Å². The molecule has 3 rings (SSSR count). The van der Waals surface area contributed by atoms with Gasteiger partial charge >= 0.3 is 0 Å². The number of hydrogen-bond acceptors (Lipinski definition) is 6. The van der Waals surface area contributed by atoms with E-state index in [-0.39, 0.29) is 22.7 Å². The number of benzene rings is 2. The highest BCUT2D eigenvalue weighted by atomic mass is 32.2. The van der Waals surface area contributed by atoms with E-state index < -0.39 is 10.8 Å². The van der Waals surface area contributed by atoms with Gasteiger partial charge in [-0.25, -0.2) is 0 Å². The molecule has 1 aromatic heterocycles. The molecule has 1 unspecified atom stereocenters. The third kappa shape index (κ3) is 5.61. The van der Waals surface area contributed by atoms with E-state index in [2.05, 4.69) is 25.8 Å². The number of aryl methyl sites for hydroxylation is 1. The quantitative estimate of drug-likeness (QED) is 0.448. The second-order valence-corrected chi connectivity index (χ2v) is 8.34. The fourth-order valence-corrected chi connectivity index (χ4v) is 3.73. The molecule has 0 saturated carbocycles. The van der Waals surface area contributed by atoms with Crippen LogP contribution in [0.4, 0.5) is 11.4 Å². The van der Waals surface area contributed by atoms with Gasteiger partial charge in [-0.3, -0.25) is 19.4 Å². The number of H-pyrrole nitrogens is 1. The summed E-state index contributed by atoms with van der Waals surface area (Å²) in [6, 6.07) is 14.5. The minimum atomic E-state index is -0.508. The third-order valence-electron chi connectivity index (χ3n) is 4.77. The monoisotopic (exact) mass is 451 g/mol. The second-order valence-electron chi connectivity index (χ2n) is 7.02. The number of carbonyl (C=O) groups is 2. The molecule has 0 spiro atoms. The fraction of sp³-hybridized carbons (Fsp3) is 0.261. The van der Waals surface area contributed by atoms with Gasteiger partial charge in [-0.2, -0.15) is 0 Å². The van der Waals surface area contributed by atoms with Crippen LogP contribution in [0.3, 0.4) is 0 Å². The highest BCUT2D eigenvalue weighted by Gasteiger charge is 2.19. The minimum Gasteiger partial charge on any atom is -0.325 e. The van der Waals surface area contributed by atoms with Crippen molar-refractivity contribution in [3.63, 3.8) is 0 Å². The molecule has 2 amide bonds. The average molecular weight is 452 g/mol. The van der Waals surface area contributed by atoms with Crippen molar-refractivity contribution in [3.05, 3.63) is 64.4 Å². The van der Waals surface area contributed by atoms with E-state index >= 15 is 0 Å². The Labute approximate surface area is 190 Å². The van der Waals surface area contributed by atoms with Crippen molar-refractivity contribution in [2.75, 3.05) is 10.6 Å². The summed E-state index contributed by atoms with van der Waals surface area (Å²) in [5, 5.41) is 13.6. The topological polar surface area (TPSA) is 117 Å². The third-order valence-corrected chi connectivity index (χ3v) is 5.74. The zero-order valence-corrected chi connectivity index (χ0v) is 19.0. The first kappa shape index (κ1) is 23.2. The molecule has 2 aromatic carbocycles. The van der Waals surface area contributed by atoms with E-state index in [0.29, 0.717) is 17.7 Å². The van der Waals surface area contributed by atoms with Crippen LogP contribution in [0.5, 0.6) is 0 Å². The van der Waals surface area contributed by atoms with Gasteiger partial charge in [0.25, 0.3) is 5.56 Å². The first-order chi connectivity index (χ1) is 15.4. The van der Waals surface area contributed by atoms with Gasteiger partial charge < -0.3 is 10.6 Å². The summed E-state index contributed by atoms with van der Waals surface area (Å²) in [5.41, 5.74) is 2.42. The second kappa shape index (κ2) is 10.7. The maximum atomic E-state index is 12.7. The van der Waals surface area contributed by atoms with Gasteiger partial charge in [-0.1, -0.05) is 62.0 Å². The smallest absolute Gasteiger partial charge is 0.278 e. The van der Waals surface area contributed by atoms with Crippen LogP contribution in [0.25, 0.3) is 11.3 Å². The number of carbonyl (C=O) groups excluding carboxylic acids is 2. The Bertz CT molecular complexity index is 1180. The van der Waals surface area contributed by atoms with Crippen LogP contribution in [0.15, 0.2) is 58.5 Å². The Balaban J connectivity index is 1.75. The molecular formula is C23H25N5O3S. The first-order valence-corrected chi connectivity index (χ1v) is 11.2. The number of aromatic amines is 1. The van der Waals surface area contributed by atoms with Crippen LogP contribution >= 0.6 is 11.8 Å². The Morgan fingerprint density at radius 2 is 1.69 bits per heavy atom. The summed E-state index contributed by atoms with van der Waals surface area (Å²) in [6.07, 6.45) is 1.12. The fourth-order valence-electron chi connectivity index (χ4n) is 2.99. The van der Waals surface area contributed by atoms with Crippen molar-refractivity contribution in [1.82, 2.24) is 15.2 Å². The number of nitrogens with zero attached hydrogens (tertiary/aromatic N) is 2. The molecule has 0 fully saturated rings. The van der Waals surface area contributed by atoms with Crippen molar-refractivity contribution in [2.24, 2.45) is 0 Å². The van der Waals surface area contributed by atoms with E-state index in [9.17, 15) is 14.4 Å². The zero-order valence-electron chi connectivity index (χ0n) is 18.1. The van der Waals surface area contributed by atoms with Gasteiger partial charge in [0.15, 0.2) is 10.9 Å². The van der Waals surface area contributed by atoms with E-state index in [1.165, 1.54) is 0 Å². The molecule has 0 aliphatic rings. The van der Waals surface area contributed by atoms with E-state index in [4.69, 9.17) is 0 Å². The molecular weight excluding hydrogens is 426 g/mol. The van der Waals surface area contributed by atoms with Crippen LogP contribution in [0, 0.1) is 0 Å². The Morgan fingerprint density at radius 3 is 2.38 bits per heavy atom. The van der Waals surface area contributed by atoms with Crippen molar-refractivity contribution < 1.29 is 9.59 Å². The summed E-state index contributed by atoms with van der Waals surface area (Å²) in [5.74, 6) is -0.367. The van der Waals surface area contributed by atoms with Gasteiger partial charge in [-0.15, -0.1) is 10.2 Å². The molecule has 32 heavy (non-hydrogen) atoms. The number of hydrogen-bond donors (Lipinski definition) is 3. The lowest BCUT2D eigenvalue weighted by Gasteiger charge is -2.14. The maximum Gasteiger partial charge on any atom is 0.278 e. The number of aromatic nitrogens is 3. The van der Waals surface area contributed by atoms with Crippen molar-refractivity contribution in [1.29, 1.82) is 0 Å². The summed E-state index contributed by atoms with van der Waals surface area (Å²) < 4.78 is 0. The molecule has 3 aromatic rings. The van der Waals surface area contributed by atoms with Crippen LogP contribution < -0.4 is 16.2 Å². The minimum absolute atomic E-state index is 0.0929. The molecule has 3 N–H and O–H groups in total. The Kier molecular flexibility index (Phi) is 7.77. The molecule has 8 nitrogen and oxygen atoms in total. The van der Waals surface area contributed by atoms with Gasteiger partial charge in [0, 0.05) is 17.7 Å². The van der Waals surface area contributed by atoms with E-state index in [0.717, 1.165) is 29.4 Å². The molecule has 9 heteroatoms. The molecule has 166 valence electrons. The van der Waals surface area contributed by atoms with Gasteiger partial charge in [-0.05, 0) is 31.0 Å². The molecule has 0 radical (unpaired) electrons. The van der Waals surface area contributed by atoms with Gasteiger partial charge in [0.05, 0.1) is 10.9 Å². The standard InChI is InChI=1S/C23H25N5O3S/c1-4-15-10-6-8-12-17(15)25-21(30)14(3)32-23-26-22(31)20(27-28-23)16-11-7-9-13-18(16)24-19(29)5-2/h6-14H,4-5H2,1-3H3,(H,24,29)(H,25,30)(H,26,28,31). The van der Waals surface area contributed by atoms with Gasteiger partial charge in [0.1, 0.15) is 0 Å². The number of amides is 2. The molecule has 0 bridgehead atoms. The lowest BCUT2D eigenvalue weighted by atomic mass is 10.1. The number of nitrogens with one attached hydrogen (secondary N) is 3. The van der Waals surface area contributed by atoms with Crippen molar-refractivity contribution in [2.45, 2.75) is 44.0 Å². The summed E-state index contributed by atoms with van der Waals surface area (Å²) >= 11 is 1.11. The van der Waals surface area contributed by atoms with E-state index in [1.807, 2.05) is 31.2 Å². The first-order valence-electron chi connectivity index (χ1n) is 10.3. The van der Waals surface area contributed by atoms with Crippen LogP contribution in [0.2, 0.25) is 0 Å². The average Bonchev–Trinajstić information content (AvgIpc) is 2.80. The lowest BCUT2D eigenvalue weighted by molar-refractivity contribution is -0.116. The molecule has 1 atom stereocenters. The van der Waals surface area contributed by atoms with Crippen LogP contribution in [0.1, 0.15) is 32.8 Å². The zero-order chi connectivity index (χ0) is 23.1. The van der Waals surface area contributed by atoms with Crippen molar-refractivity contribution >= 4 is 35.0 Å². The summed E-state index contributed by atoms with van der Waals surface area (Å²) in [4.78, 5) is 39.8. The molecule has 1 heterocycles. The number of thioether (sulfide) groups is 1. The van der Waals surface area contributed by atoms with Crippen molar-refractivity contribution in [3.8, 4) is 11.3 Å². The largest absolute Gasteiger partial charge is 0.325 e. The van der Waals surface area contributed by atoms with Crippen LogP contribution in [-0.4, -0.2) is 32.2 Å². The molecule has 0 saturated heterocycles. The number of rotatable bonds is 8. The Morgan fingerprint density at radius 1 is 1.00 bits per heavy atom. The van der Waals surface area contributed by atoms with E-state index in [1.54, 1.807) is 38.1 Å². The highest BCUT2D eigenvalue weighted by Crippen LogP contribution is 2.25. The van der Waals surface area contributed by atoms with Crippen LogP contribution in [-0.2, 0) is 16.0 Å². The highest BCUT2D eigenvalue weighted by molar-refractivity contribution is 8.00. The summed E-state index contributed by atoms with van der Waals surface area (Å²) in [7, 11) is 0.